The first-order valence-corrected chi connectivity index (χ1v) is 14.2. The molecule has 0 fully saturated rings. The Balaban J connectivity index is 0.00000171. The van der Waals surface area contributed by atoms with Gasteiger partial charge in [-0.05, 0) is 0 Å². The van der Waals surface area contributed by atoms with Crippen molar-refractivity contribution < 1.29 is 48.0 Å². The normalized spacial score (nSPS) is 18.9. The fourth-order valence-corrected chi connectivity index (χ4v) is 11.4. The molecule has 0 saturated carbocycles. The van der Waals surface area contributed by atoms with Crippen molar-refractivity contribution in [2.45, 2.75) is 74.5 Å². The molecule has 0 saturated heterocycles. The van der Waals surface area contributed by atoms with Gasteiger partial charge in [-0.25, -0.2) is 0 Å². The van der Waals surface area contributed by atoms with E-state index in [0.29, 0.717) is 0 Å². The van der Waals surface area contributed by atoms with E-state index in [1.165, 1.54) is 36.8 Å². The number of rotatable bonds is 6. The molecule has 2 aromatic carbocycles. The molecule has 3 heteroatoms. The van der Waals surface area contributed by atoms with Gasteiger partial charge in [0.2, 0.25) is 0 Å². The number of benzene rings is 2. The van der Waals surface area contributed by atoms with Crippen LogP contribution in [0.25, 0.3) is 11.1 Å². The smallest absolute Gasteiger partial charge is 1.00 e. The number of halogens is 2. The van der Waals surface area contributed by atoms with Crippen LogP contribution >= 0.6 is 0 Å². The Morgan fingerprint density at radius 3 is 1.39 bits per heavy atom. The number of hydrogen-bond acceptors (Lipinski definition) is 0. The number of hydrogen-bond donors (Lipinski definition) is 0. The van der Waals surface area contributed by atoms with E-state index in [-0.39, 0.29) is 24.8 Å². The monoisotopic (exact) mass is 530 g/mol. The molecule has 0 amide bonds. The van der Waals surface area contributed by atoms with E-state index in [1.807, 2.05) is 0 Å². The first-order valence-electron chi connectivity index (χ1n) is 11.3. The van der Waals surface area contributed by atoms with Crippen molar-refractivity contribution in [1.29, 1.82) is 0 Å². The van der Waals surface area contributed by atoms with Gasteiger partial charge in [-0.2, -0.15) is 0 Å². The molecule has 2 atom stereocenters. The van der Waals surface area contributed by atoms with Crippen LogP contribution in [0.3, 0.4) is 0 Å². The van der Waals surface area contributed by atoms with Crippen LogP contribution in [0.5, 0.6) is 0 Å². The second-order valence-electron chi connectivity index (χ2n) is 8.91. The molecule has 2 aromatic rings. The molecule has 164 valence electrons. The average Bonchev–Trinajstić information content (AvgIpc) is 3.12. The Bertz CT molecular complexity index is 934. The van der Waals surface area contributed by atoms with Gasteiger partial charge < -0.3 is 24.8 Å². The molecule has 2 unspecified atom stereocenters. The van der Waals surface area contributed by atoms with Crippen LogP contribution in [0.1, 0.15) is 94.0 Å². The summed E-state index contributed by atoms with van der Waals surface area (Å²) in [5.74, 6) is 0. The third kappa shape index (κ3) is 4.58. The van der Waals surface area contributed by atoms with E-state index >= 15 is 0 Å². The van der Waals surface area contributed by atoms with Crippen LogP contribution in [0.4, 0.5) is 0 Å². The summed E-state index contributed by atoms with van der Waals surface area (Å²) in [5.41, 5.74) is 16.2. The Morgan fingerprint density at radius 1 is 0.645 bits per heavy atom. The van der Waals surface area contributed by atoms with Gasteiger partial charge in [-0.15, -0.1) is 0 Å². The molecular formula is C28H34Cl2Zr. The van der Waals surface area contributed by atoms with E-state index in [0.717, 1.165) is 7.25 Å². The summed E-state index contributed by atoms with van der Waals surface area (Å²) in [7, 11) is 0. The molecule has 4 rings (SSSR count). The molecule has 0 spiro atoms. The second-order valence-corrected chi connectivity index (χ2v) is 12.6. The Morgan fingerprint density at radius 2 is 1.03 bits per heavy atom. The Kier molecular flexibility index (Phi) is 9.45. The minimum atomic E-state index is -0.765. The van der Waals surface area contributed by atoms with E-state index in [2.05, 4.69) is 77.9 Å². The zero-order valence-electron chi connectivity index (χ0n) is 19.7. The summed E-state index contributed by atoms with van der Waals surface area (Å²) in [6.07, 6.45) is 5.05. The van der Waals surface area contributed by atoms with E-state index in [9.17, 15) is 0 Å². The first kappa shape index (κ1) is 26.6. The standard InChI is InChI=1S/2C14H17.2ClH.Zr/c2*1-4-6-12-9-13-8-5-7-10(2)14(13)11(12)3;;;/h2*5,7-9H,4,6H2,1-3H3;2*1H;/q;;;;+2/p-2. The number of allylic oxidation sites excluding steroid dienone is 4. The van der Waals surface area contributed by atoms with E-state index in [4.69, 9.17) is 0 Å². The Hall–Kier alpha value is -0.617. The van der Waals surface area contributed by atoms with Crippen molar-refractivity contribution in [2.24, 2.45) is 0 Å². The van der Waals surface area contributed by atoms with Gasteiger partial charge in [-0.1, -0.05) is 0 Å². The van der Waals surface area contributed by atoms with Gasteiger partial charge in [0.15, 0.2) is 0 Å². The first-order chi connectivity index (χ1) is 14.0. The van der Waals surface area contributed by atoms with Gasteiger partial charge in [0.25, 0.3) is 0 Å². The quantitative estimate of drug-likeness (QED) is 0.536. The average molecular weight is 533 g/mol. The summed E-state index contributed by atoms with van der Waals surface area (Å²) >= 11 is -0.765. The number of aryl methyl sites for hydroxylation is 2. The maximum Gasteiger partial charge on any atom is -1.00 e. The molecule has 0 nitrogen and oxygen atoms in total. The van der Waals surface area contributed by atoms with Crippen LogP contribution in [0.2, 0.25) is 0 Å². The van der Waals surface area contributed by atoms with Crippen molar-refractivity contribution >= 4 is 11.1 Å². The molecule has 0 N–H and O–H groups in total. The summed E-state index contributed by atoms with van der Waals surface area (Å²) < 4.78 is 1.48. The van der Waals surface area contributed by atoms with Crippen LogP contribution in [-0.4, -0.2) is 0 Å². The molecule has 2 aliphatic rings. The minimum Gasteiger partial charge on any atom is -1.00 e. The molecule has 0 bridgehead atoms. The third-order valence-electron chi connectivity index (χ3n) is 7.01. The fourth-order valence-electron chi connectivity index (χ4n) is 5.77. The number of fused-ring (bicyclic) bond motifs is 2. The van der Waals surface area contributed by atoms with Crippen molar-refractivity contribution in [1.82, 2.24) is 0 Å². The van der Waals surface area contributed by atoms with Crippen LogP contribution in [0, 0.1) is 13.8 Å². The van der Waals surface area contributed by atoms with Gasteiger partial charge in [0.05, 0.1) is 0 Å². The molecule has 0 aliphatic heterocycles. The van der Waals surface area contributed by atoms with Gasteiger partial charge >= 0.3 is 190 Å². The van der Waals surface area contributed by atoms with Crippen molar-refractivity contribution in [3.63, 3.8) is 0 Å². The second kappa shape index (κ2) is 11.0. The Labute approximate surface area is 213 Å². The van der Waals surface area contributed by atoms with E-state index in [1.54, 1.807) is 44.5 Å². The van der Waals surface area contributed by atoms with Crippen LogP contribution in [-0.2, 0) is 23.2 Å². The molecule has 2 aliphatic carbocycles. The van der Waals surface area contributed by atoms with Crippen LogP contribution in [0.15, 0.2) is 47.5 Å². The summed E-state index contributed by atoms with van der Waals surface area (Å²) in [4.78, 5) is 0. The summed E-state index contributed by atoms with van der Waals surface area (Å²) in [6, 6.07) is 14.1. The van der Waals surface area contributed by atoms with E-state index < -0.39 is 23.2 Å². The SMILES string of the molecule is CCCC1=C(C)c2c(C)cccc2[CH]1[Zr+2][CH]1C(CCC)=C(C)c2c(C)cccc21.[Cl-].[Cl-]. The maximum absolute atomic E-state index is 2.45. The summed E-state index contributed by atoms with van der Waals surface area (Å²) in [6.45, 7) is 14.1. The molecule has 0 aromatic heterocycles. The third-order valence-corrected chi connectivity index (χ3v) is 11.9. The summed E-state index contributed by atoms with van der Waals surface area (Å²) in [5, 5.41) is 0. The van der Waals surface area contributed by atoms with Crippen molar-refractivity contribution in [3.8, 4) is 0 Å². The zero-order chi connectivity index (χ0) is 20.7. The van der Waals surface area contributed by atoms with Gasteiger partial charge in [-0.3, -0.25) is 0 Å². The fraction of sp³-hybridized carbons (Fsp3) is 0.429. The van der Waals surface area contributed by atoms with Gasteiger partial charge in [0.1, 0.15) is 0 Å². The largest absolute Gasteiger partial charge is 1.00 e. The molecule has 0 radical (unpaired) electrons. The van der Waals surface area contributed by atoms with Crippen molar-refractivity contribution in [2.75, 3.05) is 0 Å². The van der Waals surface area contributed by atoms with Crippen LogP contribution < -0.4 is 24.8 Å². The maximum atomic E-state index is 2.45. The predicted octanol–water partition coefficient (Wildman–Crippen LogP) is 2.35. The predicted molar refractivity (Wildman–Crippen MR) is 123 cm³/mol. The molecule has 0 heterocycles. The zero-order valence-corrected chi connectivity index (χ0v) is 23.7. The van der Waals surface area contributed by atoms with Crippen molar-refractivity contribution in [3.05, 3.63) is 80.9 Å². The molecule has 31 heavy (non-hydrogen) atoms. The minimum absolute atomic E-state index is 0. The topological polar surface area (TPSA) is 0 Å². The van der Waals surface area contributed by atoms with Gasteiger partial charge in [0, 0.05) is 0 Å². The molecular weight excluding hydrogens is 498 g/mol.